The Morgan fingerprint density at radius 1 is 1.24 bits per heavy atom. The highest BCUT2D eigenvalue weighted by atomic mass is 32.2. The van der Waals surface area contributed by atoms with Crippen LogP contribution in [0.25, 0.3) is 0 Å². The molecule has 1 aromatic carbocycles. The van der Waals surface area contributed by atoms with E-state index >= 15 is 0 Å². The predicted octanol–water partition coefficient (Wildman–Crippen LogP) is 1.35. The summed E-state index contributed by atoms with van der Waals surface area (Å²) < 4.78 is 59.6. The molecule has 0 aromatic heterocycles. The number of nitrogens with two attached hydrogens (primary N) is 1. The molecule has 0 spiro atoms. The molecular weight excluding hydrogens is 257 g/mol. The summed E-state index contributed by atoms with van der Waals surface area (Å²) in [5.41, 5.74) is -0.226. The number of rotatable bonds is 4. The van der Waals surface area contributed by atoms with Gasteiger partial charge in [-0.2, -0.15) is 13.2 Å². The molecule has 0 aliphatic carbocycles. The van der Waals surface area contributed by atoms with E-state index in [0.29, 0.717) is 0 Å². The molecule has 8 heteroatoms. The van der Waals surface area contributed by atoms with Crippen LogP contribution in [-0.2, 0) is 9.84 Å². The molecule has 1 rings (SSSR count). The van der Waals surface area contributed by atoms with Crippen molar-refractivity contribution in [3.63, 3.8) is 0 Å². The van der Waals surface area contributed by atoms with Crippen molar-refractivity contribution >= 4 is 15.5 Å². The molecule has 0 aliphatic rings. The van der Waals surface area contributed by atoms with Crippen LogP contribution in [0.1, 0.15) is 0 Å². The normalized spacial score (nSPS) is 12.5. The zero-order valence-electron chi connectivity index (χ0n) is 8.66. The van der Waals surface area contributed by atoms with Crippen LogP contribution in [0, 0.1) is 0 Å². The number of para-hydroxylation sites is 1. The fraction of sp³-hybridized carbons (Fsp3) is 0.333. The number of anilines is 1. The quantitative estimate of drug-likeness (QED) is 0.864. The van der Waals surface area contributed by atoms with E-state index in [1.54, 1.807) is 0 Å². The lowest BCUT2D eigenvalue weighted by atomic mass is 10.3. The second-order valence-corrected chi connectivity index (χ2v) is 5.07. The maximum atomic E-state index is 12.4. The summed E-state index contributed by atoms with van der Waals surface area (Å²) in [7, 11) is -5.34. The van der Waals surface area contributed by atoms with Crippen molar-refractivity contribution in [2.45, 2.75) is 10.4 Å². The zero-order chi connectivity index (χ0) is 13.1. The Kier molecular flexibility index (Phi) is 3.99. The SMILES string of the molecule is NCCNc1ccccc1S(=O)(=O)C(F)(F)F. The topological polar surface area (TPSA) is 72.2 Å². The van der Waals surface area contributed by atoms with Crippen LogP contribution in [-0.4, -0.2) is 27.0 Å². The summed E-state index contributed by atoms with van der Waals surface area (Å²) in [4.78, 5) is -0.791. The molecule has 0 unspecified atom stereocenters. The average molecular weight is 268 g/mol. The molecule has 0 saturated carbocycles. The van der Waals surface area contributed by atoms with Crippen molar-refractivity contribution in [2.24, 2.45) is 5.73 Å². The zero-order valence-corrected chi connectivity index (χ0v) is 9.48. The summed E-state index contributed by atoms with van der Waals surface area (Å²) in [6.07, 6.45) is 0. The molecule has 1 aromatic rings. The Balaban J connectivity index is 3.23. The van der Waals surface area contributed by atoms with Gasteiger partial charge in [-0.15, -0.1) is 0 Å². The Labute approximate surface area is 96.5 Å². The first-order valence-corrected chi connectivity index (χ1v) is 6.13. The van der Waals surface area contributed by atoms with E-state index in [0.717, 1.165) is 6.07 Å². The van der Waals surface area contributed by atoms with Crippen LogP contribution in [0.3, 0.4) is 0 Å². The van der Waals surface area contributed by atoms with Crippen LogP contribution >= 0.6 is 0 Å². The summed E-state index contributed by atoms with van der Waals surface area (Å²) in [6.45, 7) is 0.366. The highest BCUT2D eigenvalue weighted by Crippen LogP contribution is 2.33. The van der Waals surface area contributed by atoms with E-state index in [2.05, 4.69) is 5.32 Å². The van der Waals surface area contributed by atoms with Crippen molar-refractivity contribution < 1.29 is 21.6 Å². The third kappa shape index (κ3) is 2.89. The van der Waals surface area contributed by atoms with Crippen LogP contribution < -0.4 is 11.1 Å². The van der Waals surface area contributed by atoms with Gasteiger partial charge in [0, 0.05) is 13.1 Å². The number of alkyl halides is 3. The van der Waals surface area contributed by atoms with Crippen LogP contribution in [0.4, 0.5) is 18.9 Å². The largest absolute Gasteiger partial charge is 0.501 e. The molecule has 0 aliphatic heterocycles. The molecule has 3 N–H and O–H groups in total. The summed E-state index contributed by atoms with van der Waals surface area (Å²) in [5, 5.41) is 2.54. The van der Waals surface area contributed by atoms with Gasteiger partial charge in [-0.25, -0.2) is 8.42 Å². The van der Waals surface area contributed by atoms with Crippen molar-refractivity contribution in [3.05, 3.63) is 24.3 Å². The van der Waals surface area contributed by atoms with Crippen LogP contribution in [0.2, 0.25) is 0 Å². The second-order valence-electron chi connectivity index (χ2n) is 3.16. The van der Waals surface area contributed by atoms with Gasteiger partial charge < -0.3 is 11.1 Å². The van der Waals surface area contributed by atoms with Crippen molar-refractivity contribution in [2.75, 3.05) is 18.4 Å². The molecule has 0 radical (unpaired) electrons. The molecule has 0 heterocycles. The minimum atomic E-state index is -5.34. The first-order chi connectivity index (χ1) is 7.80. The van der Waals surface area contributed by atoms with Gasteiger partial charge in [0.2, 0.25) is 0 Å². The fourth-order valence-corrected chi connectivity index (χ4v) is 2.12. The van der Waals surface area contributed by atoms with Crippen LogP contribution in [0.15, 0.2) is 29.2 Å². The molecule has 17 heavy (non-hydrogen) atoms. The maximum absolute atomic E-state index is 12.4. The predicted molar refractivity (Wildman–Crippen MR) is 57.2 cm³/mol. The van der Waals surface area contributed by atoms with E-state index in [1.807, 2.05) is 0 Å². The average Bonchev–Trinajstić information content (AvgIpc) is 2.25. The fourth-order valence-electron chi connectivity index (χ4n) is 1.18. The molecular formula is C9H11F3N2O2S. The van der Waals surface area contributed by atoms with Gasteiger partial charge in [-0.1, -0.05) is 12.1 Å². The van der Waals surface area contributed by atoms with E-state index < -0.39 is 20.2 Å². The van der Waals surface area contributed by atoms with E-state index in [9.17, 15) is 21.6 Å². The van der Waals surface area contributed by atoms with Crippen molar-refractivity contribution in [3.8, 4) is 0 Å². The summed E-state index contributed by atoms with van der Waals surface area (Å²) in [6, 6.07) is 4.83. The molecule has 0 bridgehead atoms. The number of sulfone groups is 1. The first-order valence-electron chi connectivity index (χ1n) is 4.65. The van der Waals surface area contributed by atoms with Crippen molar-refractivity contribution in [1.82, 2.24) is 0 Å². The maximum Gasteiger partial charge on any atom is 0.501 e. The Hall–Kier alpha value is -1.28. The van der Waals surface area contributed by atoms with E-state index in [4.69, 9.17) is 5.73 Å². The number of halogens is 3. The van der Waals surface area contributed by atoms with E-state index in [-0.39, 0.29) is 18.8 Å². The van der Waals surface area contributed by atoms with Gasteiger partial charge in [0.1, 0.15) is 0 Å². The van der Waals surface area contributed by atoms with Gasteiger partial charge in [0.15, 0.2) is 0 Å². The highest BCUT2D eigenvalue weighted by Gasteiger charge is 2.47. The van der Waals surface area contributed by atoms with Gasteiger partial charge in [-0.05, 0) is 12.1 Å². The van der Waals surface area contributed by atoms with Gasteiger partial charge in [0.25, 0.3) is 9.84 Å². The highest BCUT2D eigenvalue weighted by molar-refractivity contribution is 7.92. The lowest BCUT2D eigenvalue weighted by Gasteiger charge is -2.13. The lowest BCUT2D eigenvalue weighted by Crippen LogP contribution is -2.25. The standard InChI is InChI=1S/C9H11F3N2O2S/c10-9(11,12)17(15,16)8-4-2-1-3-7(8)14-6-5-13/h1-4,14H,5-6,13H2. The number of nitrogens with one attached hydrogen (secondary N) is 1. The molecule has 96 valence electrons. The Bertz CT molecular complexity index is 485. The van der Waals surface area contributed by atoms with Gasteiger partial charge >= 0.3 is 5.51 Å². The molecule has 0 amide bonds. The number of hydrogen-bond acceptors (Lipinski definition) is 4. The van der Waals surface area contributed by atoms with Crippen LogP contribution in [0.5, 0.6) is 0 Å². The lowest BCUT2D eigenvalue weighted by molar-refractivity contribution is -0.0435. The Morgan fingerprint density at radius 3 is 2.35 bits per heavy atom. The van der Waals surface area contributed by atoms with Gasteiger partial charge in [0.05, 0.1) is 10.6 Å². The van der Waals surface area contributed by atoms with Gasteiger partial charge in [-0.3, -0.25) is 0 Å². The number of hydrogen-bond donors (Lipinski definition) is 2. The molecule has 0 fully saturated rings. The Morgan fingerprint density at radius 2 is 1.82 bits per heavy atom. The molecule has 4 nitrogen and oxygen atoms in total. The minimum Gasteiger partial charge on any atom is -0.383 e. The van der Waals surface area contributed by atoms with E-state index in [1.165, 1.54) is 18.2 Å². The summed E-state index contributed by atoms with van der Waals surface area (Å²) >= 11 is 0. The van der Waals surface area contributed by atoms with Crippen molar-refractivity contribution in [1.29, 1.82) is 0 Å². The second kappa shape index (κ2) is 4.92. The third-order valence-electron chi connectivity index (χ3n) is 1.94. The smallest absolute Gasteiger partial charge is 0.383 e. The summed E-state index contributed by atoms with van der Waals surface area (Å²) in [5.74, 6) is 0. The monoisotopic (exact) mass is 268 g/mol. The minimum absolute atomic E-state index is 0.102. The number of benzene rings is 1. The molecule has 0 atom stereocenters. The molecule has 0 saturated heterocycles. The first kappa shape index (κ1) is 13.8. The third-order valence-corrected chi connectivity index (χ3v) is 3.49.